The van der Waals surface area contributed by atoms with Gasteiger partial charge < -0.3 is 5.32 Å². The summed E-state index contributed by atoms with van der Waals surface area (Å²) in [6.07, 6.45) is 6.05. The summed E-state index contributed by atoms with van der Waals surface area (Å²) >= 11 is 0. The molecular weight excluding hydrogens is 409 g/mol. The van der Waals surface area contributed by atoms with E-state index in [-0.39, 0.29) is 17.3 Å². The van der Waals surface area contributed by atoms with Gasteiger partial charge in [-0.1, -0.05) is 0 Å². The molecule has 1 fully saturated rings. The predicted octanol–water partition coefficient (Wildman–Crippen LogP) is 2.45. The number of halogens is 1. The van der Waals surface area contributed by atoms with Crippen molar-refractivity contribution in [2.24, 2.45) is 5.92 Å². The first kappa shape index (κ1) is 20.2. The minimum atomic E-state index is -3.80. The standard InChI is InChI=1S/C20H20FN5O3S/c21-16-6-8-17(9-7-16)30(28,29)25-12-2-4-15(14-25)20(27)24-18-5-1-10-22-19(18)26-13-3-11-23-26/h1,3,5-11,13,15H,2,4,12,14H2,(H,24,27). The predicted molar refractivity (Wildman–Crippen MR) is 108 cm³/mol. The van der Waals surface area contributed by atoms with Gasteiger partial charge in [0.05, 0.1) is 16.5 Å². The lowest BCUT2D eigenvalue weighted by molar-refractivity contribution is -0.120. The van der Waals surface area contributed by atoms with Crippen LogP contribution in [0.3, 0.4) is 0 Å². The number of carbonyl (C=O) groups is 1. The first-order valence-electron chi connectivity index (χ1n) is 9.47. The van der Waals surface area contributed by atoms with Gasteiger partial charge in [-0.3, -0.25) is 4.79 Å². The summed E-state index contributed by atoms with van der Waals surface area (Å²) in [7, 11) is -3.80. The Morgan fingerprint density at radius 3 is 2.67 bits per heavy atom. The Balaban J connectivity index is 1.50. The van der Waals surface area contributed by atoms with Crippen molar-refractivity contribution in [2.45, 2.75) is 17.7 Å². The summed E-state index contributed by atoms with van der Waals surface area (Å²) in [6, 6.07) is 9.87. The van der Waals surface area contributed by atoms with Gasteiger partial charge in [0, 0.05) is 31.7 Å². The molecule has 3 aromatic rings. The number of hydrogen-bond acceptors (Lipinski definition) is 5. The summed E-state index contributed by atoms with van der Waals surface area (Å²) in [6.45, 7) is 0.373. The highest BCUT2D eigenvalue weighted by Gasteiger charge is 2.33. The minimum absolute atomic E-state index is 0.0122. The Hall–Kier alpha value is -3.11. The zero-order valence-corrected chi connectivity index (χ0v) is 16.8. The molecule has 0 bridgehead atoms. The molecule has 1 aliphatic heterocycles. The van der Waals surface area contributed by atoms with E-state index in [4.69, 9.17) is 0 Å². The maximum absolute atomic E-state index is 13.2. The van der Waals surface area contributed by atoms with Crippen molar-refractivity contribution >= 4 is 21.6 Å². The third kappa shape index (κ3) is 4.10. The average Bonchev–Trinajstić information content (AvgIpc) is 3.29. The van der Waals surface area contributed by atoms with E-state index in [9.17, 15) is 17.6 Å². The van der Waals surface area contributed by atoms with Crippen LogP contribution in [0.5, 0.6) is 0 Å². The van der Waals surface area contributed by atoms with Gasteiger partial charge in [-0.05, 0) is 55.3 Å². The number of piperidine rings is 1. The maximum Gasteiger partial charge on any atom is 0.243 e. The molecule has 1 N–H and O–H groups in total. The van der Waals surface area contributed by atoms with Gasteiger partial charge in [-0.25, -0.2) is 22.5 Å². The third-order valence-electron chi connectivity index (χ3n) is 4.97. The molecule has 156 valence electrons. The first-order valence-corrected chi connectivity index (χ1v) is 10.9. The highest BCUT2D eigenvalue weighted by Crippen LogP contribution is 2.26. The molecule has 30 heavy (non-hydrogen) atoms. The molecule has 1 atom stereocenters. The lowest BCUT2D eigenvalue weighted by Gasteiger charge is -2.31. The highest BCUT2D eigenvalue weighted by molar-refractivity contribution is 7.89. The SMILES string of the molecule is O=C(Nc1cccnc1-n1cccn1)C1CCCN(S(=O)(=O)c2ccc(F)cc2)C1. The fraction of sp³-hybridized carbons (Fsp3) is 0.250. The number of anilines is 1. The Morgan fingerprint density at radius 1 is 1.13 bits per heavy atom. The van der Waals surface area contributed by atoms with Crippen LogP contribution in [0.2, 0.25) is 0 Å². The Bertz CT molecular complexity index is 1130. The molecule has 1 amide bonds. The van der Waals surface area contributed by atoms with E-state index >= 15 is 0 Å². The van der Waals surface area contributed by atoms with Crippen LogP contribution in [-0.4, -0.2) is 46.5 Å². The molecule has 2 aromatic heterocycles. The number of pyridine rings is 1. The molecular formula is C20H20FN5O3S. The number of benzene rings is 1. The van der Waals surface area contributed by atoms with E-state index in [1.807, 2.05) is 0 Å². The normalized spacial score (nSPS) is 17.6. The van der Waals surface area contributed by atoms with Crippen molar-refractivity contribution in [2.75, 3.05) is 18.4 Å². The van der Waals surface area contributed by atoms with Crippen LogP contribution in [0.15, 0.2) is 66.0 Å². The first-order chi connectivity index (χ1) is 14.4. The number of carbonyl (C=O) groups excluding carboxylic acids is 1. The molecule has 8 nitrogen and oxygen atoms in total. The van der Waals surface area contributed by atoms with Crippen LogP contribution in [0.1, 0.15) is 12.8 Å². The monoisotopic (exact) mass is 429 g/mol. The summed E-state index contributed by atoms with van der Waals surface area (Å²) in [5.41, 5.74) is 0.490. The molecule has 4 rings (SSSR count). The number of aromatic nitrogens is 3. The van der Waals surface area contributed by atoms with Crippen LogP contribution in [-0.2, 0) is 14.8 Å². The van der Waals surface area contributed by atoms with Crippen LogP contribution in [0, 0.1) is 11.7 Å². The van der Waals surface area contributed by atoms with Crippen molar-refractivity contribution in [3.63, 3.8) is 0 Å². The Labute approximate surface area is 173 Å². The number of nitrogens with one attached hydrogen (secondary N) is 1. The number of nitrogens with zero attached hydrogens (tertiary/aromatic N) is 4. The topological polar surface area (TPSA) is 97.2 Å². The van der Waals surface area contributed by atoms with Gasteiger partial charge >= 0.3 is 0 Å². The van der Waals surface area contributed by atoms with E-state index in [1.54, 1.807) is 41.5 Å². The van der Waals surface area contributed by atoms with Crippen LogP contribution in [0.25, 0.3) is 5.82 Å². The van der Waals surface area contributed by atoms with Crippen molar-refractivity contribution in [3.8, 4) is 5.82 Å². The molecule has 3 heterocycles. The summed E-state index contributed by atoms with van der Waals surface area (Å²) in [5, 5.41) is 6.99. The van der Waals surface area contributed by atoms with E-state index in [0.29, 0.717) is 30.9 Å². The maximum atomic E-state index is 13.2. The summed E-state index contributed by atoms with van der Waals surface area (Å²) < 4.78 is 41.8. The second-order valence-electron chi connectivity index (χ2n) is 6.97. The quantitative estimate of drug-likeness (QED) is 0.672. The Kier molecular flexibility index (Phi) is 5.60. The molecule has 10 heteroatoms. The van der Waals surface area contributed by atoms with Crippen molar-refractivity contribution in [1.82, 2.24) is 19.1 Å². The van der Waals surface area contributed by atoms with Crippen LogP contribution >= 0.6 is 0 Å². The van der Waals surface area contributed by atoms with E-state index in [1.165, 1.54) is 16.4 Å². The molecule has 1 unspecified atom stereocenters. The zero-order chi connectivity index (χ0) is 21.1. The highest BCUT2D eigenvalue weighted by atomic mass is 32.2. The summed E-state index contributed by atoms with van der Waals surface area (Å²) in [4.78, 5) is 17.2. The van der Waals surface area contributed by atoms with Gasteiger partial charge in [-0.2, -0.15) is 9.40 Å². The molecule has 1 aliphatic rings. The number of rotatable bonds is 5. The van der Waals surface area contributed by atoms with Gasteiger partial charge in [-0.15, -0.1) is 0 Å². The zero-order valence-electron chi connectivity index (χ0n) is 16.0. The van der Waals surface area contributed by atoms with Crippen LogP contribution in [0.4, 0.5) is 10.1 Å². The lowest BCUT2D eigenvalue weighted by Crippen LogP contribution is -2.43. The van der Waals surface area contributed by atoms with E-state index < -0.39 is 21.8 Å². The smallest absolute Gasteiger partial charge is 0.243 e. The van der Waals surface area contributed by atoms with Crippen molar-refractivity contribution in [3.05, 3.63) is 66.9 Å². The molecule has 0 radical (unpaired) electrons. The number of amides is 1. The molecule has 0 spiro atoms. The second-order valence-corrected chi connectivity index (χ2v) is 8.91. The van der Waals surface area contributed by atoms with E-state index in [0.717, 1.165) is 12.1 Å². The summed E-state index contributed by atoms with van der Waals surface area (Å²) in [5.74, 6) is -0.827. The number of sulfonamides is 1. The van der Waals surface area contributed by atoms with Gasteiger partial charge in [0.1, 0.15) is 5.82 Å². The third-order valence-corrected chi connectivity index (χ3v) is 6.85. The fourth-order valence-electron chi connectivity index (χ4n) is 3.44. The van der Waals surface area contributed by atoms with Gasteiger partial charge in [0.25, 0.3) is 0 Å². The van der Waals surface area contributed by atoms with Crippen molar-refractivity contribution < 1.29 is 17.6 Å². The minimum Gasteiger partial charge on any atom is -0.323 e. The Morgan fingerprint density at radius 2 is 1.93 bits per heavy atom. The lowest BCUT2D eigenvalue weighted by atomic mass is 9.99. The second kappa shape index (κ2) is 8.33. The van der Waals surface area contributed by atoms with Gasteiger partial charge in [0.2, 0.25) is 15.9 Å². The molecule has 0 saturated carbocycles. The average molecular weight is 429 g/mol. The van der Waals surface area contributed by atoms with E-state index in [2.05, 4.69) is 15.4 Å². The van der Waals surface area contributed by atoms with Crippen molar-refractivity contribution in [1.29, 1.82) is 0 Å². The van der Waals surface area contributed by atoms with Crippen LogP contribution < -0.4 is 5.32 Å². The molecule has 0 aliphatic carbocycles. The largest absolute Gasteiger partial charge is 0.323 e. The molecule has 1 saturated heterocycles. The number of hydrogen-bond donors (Lipinski definition) is 1. The van der Waals surface area contributed by atoms with Gasteiger partial charge in [0.15, 0.2) is 5.82 Å². The fourth-order valence-corrected chi connectivity index (χ4v) is 4.96. The molecule has 1 aromatic carbocycles.